The molecule has 0 fully saturated rings. The summed E-state index contributed by atoms with van der Waals surface area (Å²) in [6.45, 7) is 4.30. The van der Waals surface area contributed by atoms with E-state index >= 15 is 0 Å². The van der Waals surface area contributed by atoms with Gasteiger partial charge in [0.2, 0.25) is 0 Å². The number of rotatable bonds is 3. The molecule has 0 saturated heterocycles. The second kappa shape index (κ2) is 7.67. The molecule has 0 aliphatic carbocycles. The van der Waals surface area contributed by atoms with Crippen LogP contribution in [0.25, 0.3) is 22.3 Å². The third-order valence-corrected chi connectivity index (χ3v) is 6.47. The van der Waals surface area contributed by atoms with Gasteiger partial charge in [-0.25, -0.2) is 18.2 Å². The Bertz CT molecular complexity index is 1370. The van der Waals surface area contributed by atoms with E-state index in [-0.39, 0.29) is 11.6 Å². The second-order valence-corrected chi connectivity index (χ2v) is 8.44. The summed E-state index contributed by atoms with van der Waals surface area (Å²) in [6.07, 6.45) is 1.23. The third kappa shape index (κ3) is 3.24. The van der Waals surface area contributed by atoms with Gasteiger partial charge in [0.1, 0.15) is 6.23 Å². The molecule has 4 aromatic rings. The quantitative estimate of drug-likeness (QED) is 0.476. The van der Waals surface area contributed by atoms with Gasteiger partial charge in [-0.05, 0) is 38.5 Å². The molecule has 10 heteroatoms. The molecule has 0 bridgehead atoms. The minimum Gasteiger partial charge on any atom is -0.374 e. The molecule has 0 spiro atoms. The summed E-state index contributed by atoms with van der Waals surface area (Å²) < 4.78 is 44.5. The van der Waals surface area contributed by atoms with E-state index in [2.05, 4.69) is 15.2 Å². The number of benzene rings is 1. The summed E-state index contributed by atoms with van der Waals surface area (Å²) in [6, 6.07) is 3.48. The van der Waals surface area contributed by atoms with E-state index in [1.165, 1.54) is 0 Å². The van der Waals surface area contributed by atoms with Crippen molar-refractivity contribution < 1.29 is 18.3 Å². The summed E-state index contributed by atoms with van der Waals surface area (Å²) in [7, 11) is 3.50. The predicted molar refractivity (Wildman–Crippen MR) is 116 cm³/mol. The van der Waals surface area contributed by atoms with Crippen LogP contribution in [-0.4, -0.2) is 41.1 Å². The maximum Gasteiger partial charge on any atom is 0.194 e. The minimum absolute atomic E-state index is 0.227. The van der Waals surface area contributed by atoms with Crippen molar-refractivity contribution in [1.29, 1.82) is 0 Å². The molecule has 5 rings (SSSR count). The first-order valence-corrected chi connectivity index (χ1v) is 10.6. The van der Waals surface area contributed by atoms with E-state index in [1.54, 1.807) is 28.7 Å². The van der Waals surface area contributed by atoms with Crippen molar-refractivity contribution in [2.45, 2.75) is 32.5 Å². The van der Waals surface area contributed by atoms with Crippen LogP contribution >= 0.6 is 0 Å². The number of fused-ring (bicyclic) bond motifs is 2. The monoisotopic (exact) mass is 456 g/mol. The normalized spacial score (nSPS) is 17.5. The molecule has 2 atom stereocenters. The van der Waals surface area contributed by atoms with Crippen LogP contribution in [0.1, 0.15) is 41.7 Å². The Labute approximate surface area is 188 Å². The number of pyridine rings is 1. The molecule has 172 valence electrons. The van der Waals surface area contributed by atoms with Gasteiger partial charge >= 0.3 is 0 Å². The zero-order valence-corrected chi connectivity index (χ0v) is 18.6. The van der Waals surface area contributed by atoms with E-state index in [1.807, 2.05) is 25.8 Å². The molecule has 0 radical (unpaired) electrons. The summed E-state index contributed by atoms with van der Waals surface area (Å²) in [5, 5.41) is 21.2. The maximum absolute atomic E-state index is 13.9. The van der Waals surface area contributed by atoms with E-state index in [0.717, 1.165) is 28.8 Å². The Morgan fingerprint density at radius 3 is 2.48 bits per heavy atom. The first-order valence-electron chi connectivity index (χ1n) is 10.6. The van der Waals surface area contributed by atoms with Crippen molar-refractivity contribution in [2.24, 2.45) is 14.1 Å². The van der Waals surface area contributed by atoms with Gasteiger partial charge in [0.25, 0.3) is 0 Å². The molecule has 4 heterocycles. The van der Waals surface area contributed by atoms with Gasteiger partial charge in [0.05, 0.1) is 23.1 Å². The van der Waals surface area contributed by atoms with Gasteiger partial charge in [0, 0.05) is 48.9 Å². The Morgan fingerprint density at radius 2 is 1.79 bits per heavy atom. The number of aliphatic hydroxyl groups excluding tert-OH is 1. The highest BCUT2D eigenvalue weighted by Gasteiger charge is 2.35. The second-order valence-electron chi connectivity index (χ2n) is 8.44. The topological polar surface area (TPSA) is 72.0 Å². The van der Waals surface area contributed by atoms with Crippen LogP contribution in [0.15, 0.2) is 24.4 Å². The molecular weight excluding hydrogens is 433 g/mol. The number of aromatic nitrogens is 5. The van der Waals surface area contributed by atoms with Crippen LogP contribution in [0, 0.1) is 24.4 Å². The Balaban J connectivity index is 1.55. The fraction of sp³-hybridized carbons (Fsp3) is 0.348. The zero-order valence-electron chi connectivity index (χ0n) is 18.6. The predicted octanol–water partition coefficient (Wildman–Crippen LogP) is 3.70. The third-order valence-electron chi connectivity index (χ3n) is 6.47. The largest absolute Gasteiger partial charge is 0.374 e. The lowest BCUT2D eigenvalue weighted by molar-refractivity contribution is -0.0284. The van der Waals surface area contributed by atoms with Crippen LogP contribution in [0.3, 0.4) is 0 Å². The summed E-state index contributed by atoms with van der Waals surface area (Å²) in [5.41, 5.74) is 4.48. The average molecular weight is 456 g/mol. The standard InChI is InChI=1S/C23H23F3N6O/c1-11-18-14(5-7-27-22(18)31(4)28-11)23(33)32-8-6-15-20(12(32)2)29-30(3)21(15)13-9-16(24)19(26)17(25)10-13/h5,7,9-10,12,23,33H,6,8H2,1-4H3/t12-,23?/m0/s1. The molecule has 1 aromatic carbocycles. The smallest absolute Gasteiger partial charge is 0.194 e. The average Bonchev–Trinajstić information content (AvgIpc) is 3.27. The van der Waals surface area contributed by atoms with Gasteiger partial charge in [0.15, 0.2) is 23.1 Å². The van der Waals surface area contributed by atoms with Crippen LogP contribution in [-0.2, 0) is 20.5 Å². The van der Waals surface area contributed by atoms with Crippen LogP contribution < -0.4 is 0 Å². The van der Waals surface area contributed by atoms with E-state index < -0.39 is 23.7 Å². The molecule has 1 N–H and O–H groups in total. The highest BCUT2D eigenvalue weighted by Crippen LogP contribution is 2.40. The number of nitrogens with zero attached hydrogens (tertiary/aromatic N) is 6. The lowest BCUT2D eigenvalue weighted by Crippen LogP contribution is -2.37. The van der Waals surface area contributed by atoms with Crippen molar-refractivity contribution in [3.63, 3.8) is 0 Å². The Morgan fingerprint density at radius 1 is 1.09 bits per heavy atom. The lowest BCUT2D eigenvalue weighted by atomic mass is 9.94. The van der Waals surface area contributed by atoms with Gasteiger partial charge < -0.3 is 5.11 Å². The van der Waals surface area contributed by atoms with Crippen molar-refractivity contribution in [3.8, 4) is 11.3 Å². The van der Waals surface area contributed by atoms with Crippen LogP contribution in [0.5, 0.6) is 0 Å². The minimum atomic E-state index is -1.49. The van der Waals surface area contributed by atoms with Crippen LogP contribution in [0.4, 0.5) is 13.2 Å². The lowest BCUT2D eigenvalue weighted by Gasteiger charge is -2.36. The van der Waals surface area contributed by atoms with Gasteiger partial charge in [-0.3, -0.25) is 14.3 Å². The zero-order chi connectivity index (χ0) is 23.6. The Kier molecular flexibility index (Phi) is 5.02. The molecule has 3 aromatic heterocycles. The first kappa shape index (κ1) is 21.6. The van der Waals surface area contributed by atoms with Crippen molar-refractivity contribution >= 4 is 11.0 Å². The number of aliphatic hydroxyl groups is 1. The number of hydrogen-bond donors (Lipinski definition) is 1. The van der Waals surface area contributed by atoms with Gasteiger partial charge in [-0.2, -0.15) is 10.2 Å². The molecular formula is C23H23F3N6O. The van der Waals surface area contributed by atoms with Crippen molar-refractivity contribution in [2.75, 3.05) is 6.54 Å². The molecule has 33 heavy (non-hydrogen) atoms. The highest BCUT2D eigenvalue weighted by atomic mass is 19.2. The van der Waals surface area contributed by atoms with Gasteiger partial charge in [-0.1, -0.05) is 0 Å². The Hall–Kier alpha value is -3.24. The molecule has 0 amide bonds. The SMILES string of the molecule is Cc1nn(C)c2nccc(C(O)N3CCc4c(nn(C)c4-c4cc(F)c(F)c(F)c4)[C@@H]3C)c12. The molecule has 1 unspecified atom stereocenters. The number of hydrogen-bond acceptors (Lipinski definition) is 5. The maximum atomic E-state index is 13.9. The van der Waals surface area contributed by atoms with E-state index in [0.29, 0.717) is 35.6 Å². The number of aryl methyl sites for hydroxylation is 3. The summed E-state index contributed by atoms with van der Waals surface area (Å²) >= 11 is 0. The van der Waals surface area contributed by atoms with E-state index in [4.69, 9.17) is 0 Å². The first-order chi connectivity index (χ1) is 15.7. The summed E-state index contributed by atoms with van der Waals surface area (Å²) in [5.74, 6) is -3.98. The summed E-state index contributed by atoms with van der Waals surface area (Å²) in [4.78, 5) is 6.30. The fourth-order valence-corrected chi connectivity index (χ4v) is 4.95. The fourth-order valence-electron chi connectivity index (χ4n) is 4.95. The van der Waals surface area contributed by atoms with Crippen LogP contribution in [0.2, 0.25) is 0 Å². The molecule has 1 aliphatic heterocycles. The molecule has 1 aliphatic rings. The molecule has 0 saturated carbocycles. The molecule has 7 nitrogen and oxygen atoms in total. The highest BCUT2D eigenvalue weighted by molar-refractivity contribution is 5.82. The van der Waals surface area contributed by atoms with Crippen molar-refractivity contribution in [1.82, 2.24) is 29.4 Å². The van der Waals surface area contributed by atoms with Gasteiger partial charge in [-0.15, -0.1) is 0 Å². The van der Waals surface area contributed by atoms with E-state index in [9.17, 15) is 18.3 Å². The van der Waals surface area contributed by atoms with Crippen molar-refractivity contribution in [3.05, 3.63) is 64.4 Å². The number of halogens is 3.